The maximum absolute atomic E-state index is 12.7. The van der Waals surface area contributed by atoms with Gasteiger partial charge in [0.2, 0.25) is 0 Å². The Morgan fingerprint density at radius 2 is 2.19 bits per heavy atom. The molecule has 1 N–H and O–H groups in total. The van der Waals surface area contributed by atoms with E-state index in [0.717, 1.165) is 37.3 Å². The summed E-state index contributed by atoms with van der Waals surface area (Å²) >= 11 is 0. The molecule has 0 aromatic carbocycles. The van der Waals surface area contributed by atoms with Gasteiger partial charge in [-0.25, -0.2) is 4.98 Å². The van der Waals surface area contributed by atoms with Gasteiger partial charge >= 0.3 is 0 Å². The molecule has 2 aromatic rings. The van der Waals surface area contributed by atoms with Crippen molar-refractivity contribution in [3.8, 4) is 0 Å². The number of carbonyl (C=O) groups is 1. The highest BCUT2D eigenvalue weighted by Crippen LogP contribution is 2.30. The number of hydrogen-bond acceptors (Lipinski definition) is 4. The fraction of sp³-hybridized carbons (Fsp3) is 0.467. The maximum atomic E-state index is 12.7. The fourth-order valence-corrected chi connectivity index (χ4v) is 2.71. The molecule has 0 unspecified atom stereocenters. The van der Waals surface area contributed by atoms with Crippen LogP contribution in [0.3, 0.4) is 0 Å². The molecule has 21 heavy (non-hydrogen) atoms. The molecule has 1 fully saturated rings. The summed E-state index contributed by atoms with van der Waals surface area (Å²) in [5.74, 6) is 1.50. The highest BCUT2D eigenvalue weighted by atomic mass is 16.2. The summed E-state index contributed by atoms with van der Waals surface area (Å²) < 4.78 is 0. The van der Waals surface area contributed by atoms with Crippen LogP contribution in [0.1, 0.15) is 53.0 Å². The van der Waals surface area contributed by atoms with Gasteiger partial charge in [0, 0.05) is 18.4 Å². The second kappa shape index (κ2) is 5.63. The van der Waals surface area contributed by atoms with E-state index < -0.39 is 0 Å². The molecule has 0 bridgehead atoms. The van der Waals surface area contributed by atoms with Crippen molar-refractivity contribution >= 4 is 5.91 Å². The van der Waals surface area contributed by atoms with E-state index in [0.29, 0.717) is 11.4 Å². The van der Waals surface area contributed by atoms with E-state index in [1.54, 1.807) is 6.20 Å². The molecule has 1 atom stereocenters. The molecule has 2 aromatic heterocycles. The number of aryl methyl sites for hydroxylation is 2. The van der Waals surface area contributed by atoms with E-state index in [1.165, 1.54) is 0 Å². The largest absolute Gasteiger partial charge is 0.328 e. The average Bonchev–Trinajstić information content (AvgIpc) is 2.94. The molecule has 3 heterocycles. The minimum absolute atomic E-state index is 0.00894. The lowest BCUT2D eigenvalue weighted by Gasteiger charge is -2.34. The van der Waals surface area contributed by atoms with Gasteiger partial charge < -0.3 is 4.90 Å². The Hall–Kier alpha value is -2.24. The zero-order valence-electron chi connectivity index (χ0n) is 12.3. The average molecular weight is 285 g/mol. The SMILES string of the molecule is Cc1ccc(C(=O)N2CCCC[C@H]2c2n[nH]c(C)n2)cn1. The number of nitrogens with one attached hydrogen (secondary N) is 1. The van der Waals surface area contributed by atoms with E-state index >= 15 is 0 Å². The van der Waals surface area contributed by atoms with Crippen molar-refractivity contribution in [2.75, 3.05) is 6.54 Å². The van der Waals surface area contributed by atoms with Gasteiger partial charge in [-0.1, -0.05) is 0 Å². The molecule has 0 saturated carbocycles. The van der Waals surface area contributed by atoms with E-state index in [1.807, 2.05) is 30.9 Å². The van der Waals surface area contributed by atoms with E-state index in [4.69, 9.17) is 0 Å². The van der Waals surface area contributed by atoms with Crippen molar-refractivity contribution in [2.45, 2.75) is 39.2 Å². The normalized spacial score (nSPS) is 18.8. The molecule has 0 radical (unpaired) electrons. The number of likely N-dealkylation sites (tertiary alicyclic amines) is 1. The minimum Gasteiger partial charge on any atom is -0.328 e. The number of aromatic amines is 1. The molecule has 1 aliphatic rings. The van der Waals surface area contributed by atoms with Gasteiger partial charge in [-0.05, 0) is 45.2 Å². The van der Waals surface area contributed by atoms with Crippen molar-refractivity contribution in [3.05, 3.63) is 41.2 Å². The van der Waals surface area contributed by atoms with Crippen LogP contribution in [0.25, 0.3) is 0 Å². The van der Waals surface area contributed by atoms with Gasteiger partial charge in [-0.15, -0.1) is 0 Å². The second-order valence-corrected chi connectivity index (χ2v) is 5.48. The number of nitrogens with zero attached hydrogens (tertiary/aromatic N) is 4. The molecule has 1 aliphatic heterocycles. The monoisotopic (exact) mass is 285 g/mol. The maximum Gasteiger partial charge on any atom is 0.256 e. The smallest absolute Gasteiger partial charge is 0.256 e. The predicted octanol–water partition coefficient (Wildman–Crippen LogP) is 2.18. The van der Waals surface area contributed by atoms with Gasteiger partial charge in [0.15, 0.2) is 5.82 Å². The Kier molecular flexibility index (Phi) is 3.68. The Labute approximate surface area is 123 Å². The highest BCUT2D eigenvalue weighted by Gasteiger charge is 2.31. The van der Waals surface area contributed by atoms with Crippen LogP contribution in [-0.2, 0) is 0 Å². The summed E-state index contributed by atoms with van der Waals surface area (Å²) in [6, 6.07) is 3.65. The van der Waals surface area contributed by atoms with Crippen LogP contribution in [0.4, 0.5) is 0 Å². The summed E-state index contributed by atoms with van der Waals surface area (Å²) in [7, 11) is 0. The van der Waals surface area contributed by atoms with Crippen LogP contribution >= 0.6 is 0 Å². The van der Waals surface area contributed by atoms with Crippen molar-refractivity contribution in [1.82, 2.24) is 25.1 Å². The fourth-order valence-electron chi connectivity index (χ4n) is 2.71. The van der Waals surface area contributed by atoms with Crippen LogP contribution in [-0.4, -0.2) is 37.5 Å². The number of rotatable bonds is 2. The molecule has 0 aliphatic carbocycles. The van der Waals surface area contributed by atoms with Crippen molar-refractivity contribution in [3.63, 3.8) is 0 Å². The van der Waals surface area contributed by atoms with Gasteiger partial charge in [-0.3, -0.25) is 14.9 Å². The van der Waals surface area contributed by atoms with Gasteiger partial charge in [-0.2, -0.15) is 5.10 Å². The molecular formula is C15H19N5O. The van der Waals surface area contributed by atoms with E-state index in [-0.39, 0.29) is 11.9 Å². The third-order valence-electron chi connectivity index (χ3n) is 3.83. The number of carbonyl (C=O) groups excluding carboxylic acids is 1. The van der Waals surface area contributed by atoms with Crippen molar-refractivity contribution < 1.29 is 4.79 Å². The molecule has 0 spiro atoms. The molecule has 1 saturated heterocycles. The first-order valence-corrected chi connectivity index (χ1v) is 7.27. The molecular weight excluding hydrogens is 266 g/mol. The standard InChI is InChI=1S/C15H19N5O/c1-10-6-7-12(9-16-10)15(21)20-8-4-3-5-13(20)14-17-11(2)18-19-14/h6-7,9,13H,3-5,8H2,1-2H3,(H,17,18,19)/t13-/m0/s1. The van der Waals surface area contributed by atoms with Crippen LogP contribution < -0.4 is 0 Å². The minimum atomic E-state index is -0.0440. The van der Waals surface area contributed by atoms with Crippen LogP contribution in [0.15, 0.2) is 18.3 Å². The molecule has 3 rings (SSSR count). The van der Waals surface area contributed by atoms with Gasteiger partial charge in [0.25, 0.3) is 5.91 Å². The number of pyridine rings is 1. The second-order valence-electron chi connectivity index (χ2n) is 5.48. The Morgan fingerprint density at radius 3 is 2.86 bits per heavy atom. The van der Waals surface area contributed by atoms with Crippen LogP contribution in [0, 0.1) is 13.8 Å². The Balaban J connectivity index is 1.87. The lowest BCUT2D eigenvalue weighted by molar-refractivity contribution is 0.0600. The van der Waals surface area contributed by atoms with Crippen LogP contribution in [0.2, 0.25) is 0 Å². The summed E-state index contributed by atoms with van der Waals surface area (Å²) in [5.41, 5.74) is 1.53. The van der Waals surface area contributed by atoms with Crippen molar-refractivity contribution in [2.24, 2.45) is 0 Å². The lowest BCUT2D eigenvalue weighted by Crippen LogP contribution is -2.39. The Bertz CT molecular complexity index is 634. The zero-order chi connectivity index (χ0) is 14.8. The van der Waals surface area contributed by atoms with Gasteiger partial charge in [0.1, 0.15) is 5.82 Å². The highest BCUT2D eigenvalue weighted by molar-refractivity contribution is 5.94. The zero-order valence-corrected chi connectivity index (χ0v) is 12.3. The first kappa shape index (κ1) is 13.7. The topological polar surface area (TPSA) is 74.8 Å². The number of amides is 1. The van der Waals surface area contributed by atoms with Crippen LogP contribution in [0.5, 0.6) is 0 Å². The predicted molar refractivity (Wildman–Crippen MR) is 77.7 cm³/mol. The summed E-state index contributed by atoms with van der Waals surface area (Å²) in [5, 5.41) is 7.10. The van der Waals surface area contributed by atoms with Crippen molar-refractivity contribution in [1.29, 1.82) is 0 Å². The number of H-pyrrole nitrogens is 1. The third kappa shape index (κ3) is 2.79. The summed E-state index contributed by atoms with van der Waals surface area (Å²) in [6.07, 6.45) is 4.66. The lowest BCUT2D eigenvalue weighted by atomic mass is 10.0. The molecule has 1 amide bonds. The summed E-state index contributed by atoms with van der Waals surface area (Å²) in [4.78, 5) is 23.2. The van der Waals surface area contributed by atoms with Gasteiger partial charge in [0.05, 0.1) is 11.6 Å². The quantitative estimate of drug-likeness (QED) is 0.917. The number of hydrogen-bond donors (Lipinski definition) is 1. The number of piperidine rings is 1. The van der Waals surface area contributed by atoms with E-state index in [2.05, 4.69) is 20.2 Å². The first-order valence-electron chi connectivity index (χ1n) is 7.27. The summed E-state index contributed by atoms with van der Waals surface area (Å²) in [6.45, 7) is 4.52. The third-order valence-corrected chi connectivity index (χ3v) is 3.83. The molecule has 110 valence electrons. The number of aromatic nitrogens is 4. The first-order chi connectivity index (χ1) is 10.1. The molecule has 6 nitrogen and oxygen atoms in total. The van der Waals surface area contributed by atoms with E-state index in [9.17, 15) is 4.79 Å². The molecule has 6 heteroatoms. The Morgan fingerprint density at radius 1 is 1.33 bits per heavy atom.